The quantitative estimate of drug-likeness (QED) is 0.536. The largest absolute Gasteiger partial charge is 0.348 e. The molecule has 6 nitrogen and oxygen atoms in total. The normalized spacial score (nSPS) is 11.0. The molecule has 0 aromatic carbocycles. The second kappa shape index (κ2) is 7.22. The zero-order valence-corrected chi connectivity index (χ0v) is 13.3. The highest BCUT2D eigenvalue weighted by molar-refractivity contribution is 7.99. The molecule has 0 unspecified atom stereocenters. The Morgan fingerprint density at radius 2 is 2.05 bits per heavy atom. The van der Waals surface area contributed by atoms with Gasteiger partial charge in [-0.1, -0.05) is 18.7 Å². The predicted octanol–water partition coefficient (Wildman–Crippen LogP) is 2.81. The summed E-state index contributed by atoms with van der Waals surface area (Å²) in [5.74, 6) is 1.93. The van der Waals surface area contributed by atoms with E-state index in [4.69, 9.17) is 0 Å². The van der Waals surface area contributed by atoms with Gasteiger partial charge in [0.2, 0.25) is 0 Å². The molecule has 0 aliphatic rings. The lowest BCUT2D eigenvalue weighted by molar-refractivity contribution is 0.693. The maximum atomic E-state index is 4.43. The fourth-order valence-corrected chi connectivity index (χ4v) is 2.75. The van der Waals surface area contributed by atoms with Crippen molar-refractivity contribution in [2.24, 2.45) is 0 Å². The van der Waals surface area contributed by atoms with Crippen molar-refractivity contribution in [2.45, 2.75) is 31.5 Å². The summed E-state index contributed by atoms with van der Waals surface area (Å²) in [5.41, 5.74) is 2.05. The van der Waals surface area contributed by atoms with Gasteiger partial charge >= 0.3 is 0 Å². The molecule has 0 saturated carbocycles. The van der Waals surface area contributed by atoms with Crippen LogP contribution in [0.3, 0.4) is 0 Å². The Morgan fingerprint density at radius 3 is 2.77 bits per heavy atom. The van der Waals surface area contributed by atoms with Crippen LogP contribution in [0.4, 0.5) is 0 Å². The molecule has 0 fully saturated rings. The van der Waals surface area contributed by atoms with Gasteiger partial charge in [0, 0.05) is 55.4 Å². The summed E-state index contributed by atoms with van der Waals surface area (Å²) in [4.78, 5) is 20.4. The highest BCUT2D eigenvalue weighted by atomic mass is 32.2. The summed E-state index contributed by atoms with van der Waals surface area (Å²) in [5, 5.41) is 0.821. The van der Waals surface area contributed by atoms with Crippen LogP contribution in [0, 0.1) is 0 Å². The van der Waals surface area contributed by atoms with E-state index in [9.17, 15) is 0 Å². The van der Waals surface area contributed by atoms with Gasteiger partial charge in [-0.05, 0) is 6.42 Å². The Kier molecular flexibility index (Phi) is 4.85. The van der Waals surface area contributed by atoms with E-state index in [0.717, 1.165) is 47.4 Å². The summed E-state index contributed by atoms with van der Waals surface area (Å²) in [6.45, 7) is 2.99. The number of hydrogen-bond donors (Lipinski definition) is 1. The molecular weight excluding hydrogens is 296 g/mol. The third-order valence-corrected chi connectivity index (χ3v) is 4.30. The first-order chi connectivity index (χ1) is 10.9. The van der Waals surface area contributed by atoms with Crippen LogP contribution in [-0.4, -0.2) is 35.2 Å². The molecule has 114 valence electrons. The third kappa shape index (κ3) is 3.54. The van der Waals surface area contributed by atoms with Gasteiger partial charge in [-0.25, -0.2) is 19.9 Å². The number of rotatable bonds is 7. The van der Waals surface area contributed by atoms with Crippen molar-refractivity contribution in [3.8, 4) is 11.4 Å². The van der Waals surface area contributed by atoms with Gasteiger partial charge in [0.05, 0.1) is 11.9 Å². The van der Waals surface area contributed by atoms with Crippen molar-refractivity contribution >= 4 is 11.8 Å². The van der Waals surface area contributed by atoms with E-state index in [1.54, 1.807) is 18.1 Å². The van der Waals surface area contributed by atoms with Crippen LogP contribution >= 0.6 is 11.8 Å². The minimum absolute atomic E-state index is 0.821. The van der Waals surface area contributed by atoms with Gasteiger partial charge < -0.3 is 9.55 Å². The van der Waals surface area contributed by atoms with Crippen molar-refractivity contribution in [2.75, 3.05) is 5.75 Å². The summed E-state index contributed by atoms with van der Waals surface area (Å²) in [6, 6.07) is 0. The lowest BCUT2D eigenvalue weighted by Gasteiger charge is -2.07. The van der Waals surface area contributed by atoms with Gasteiger partial charge in [0.25, 0.3) is 0 Å². The number of aryl methyl sites for hydroxylation is 2. The molecule has 3 aromatic rings. The van der Waals surface area contributed by atoms with E-state index in [1.807, 2.05) is 31.0 Å². The number of hydrogen-bond acceptors (Lipinski definition) is 5. The van der Waals surface area contributed by atoms with Crippen LogP contribution in [0.25, 0.3) is 11.4 Å². The van der Waals surface area contributed by atoms with Gasteiger partial charge in [-0.3, -0.25) is 0 Å². The number of imidazole rings is 2. The molecule has 0 spiro atoms. The first-order valence-corrected chi connectivity index (χ1v) is 8.29. The average molecular weight is 314 g/mol. The second-order valence-corrected chi connectivity index (χ2v) is 5.94. The molecule has 0 radical (unpaired) electrons. The monoisotopic (exact) mass is 314 g/mol. The van der Waals surface area contributed by atoms with Crippen LogP contribution < -0.4 is 0 Å². The molecule has 0 atom stereocenters. The SMILES string of the molecule is CCCSc1ncc(-c2nccn2CCc2cnc[nH]2)cn1. The van der Waals surface area contributed by atoms with Crippen LogP contribution in [0.2, 0.25) is 0 Å². The molecule has 0 aliphatic heterocycles. The Hall–Kier alpha value is -2.15. The van der Waals surface area contributed by atoms with E-state index in [2.05, 4.69) is 36.4 Å². The van der Waals surface area contributed by atoms with Gasteiger partial charge in [-0.15, -0.1) is 0 Å². The molecule has 3 rings (SSSR count). The van der Waals surface area contributed by atoms with Crippen molar-refractivity contribution < 1.29 is 0 Å². The molecule has 1 N–H and O–H groups in total. The Morgan fingerprint density at radius 1 is 1.18 bits per heavy atom. The molecule has 0 amide bonds. The predicted molar refractivity (Wildman–Crippen MR) is 86.6 cm³/mol. The zero-order valence-electron chi connectivity index (χ0n) is 12.4. The van der Waals surface area contributed by atoms with Crippen molar-refractivity contribution in [3.63, 3.8) is 0 Å². The Bertz CT molecular complexity index is 689. The van der Waals surface area contributed by atoms with E-state index in [1.165, 1.54) is 0 Å². The number of aromatic amines is 1. The zero-order chi connectivity index (χ0) is 15.2. The smallest absolute Gasteiger partial charge is 0.187 e. The number of nitrogens with one attached hydrogen (secondary N) is 1. The molecular formula is C15H18N6S. The van der Waals surface area contributed by atoms with Crippen molar-refractivity contribution in [3.05, 3.63) is 43.0 Å². The maximum Gasteiger partial charge on any atom is 0.187 e. The summed E-state index contributed by atoms with van der Waals surface area (Å²) in [7, 11) is 0. The fourth-order valence-electron chi connectivity index (χ4n) is 2.11. The lowest BCUT2D eigenvalue weighted by atomic mass is 10.3. The van der Waals surface area contributed by atoms with Crippen LogP contribution in [-0.2, 0) is 13.0 Å². The number of aromatic nitrogens is 6. The highest BCUT2D eigenvalue weighted by Crippen LogP contribution is 2.19. The highest BCUT2D eigenvalue weighted by Gasteiger charge is 2.08. The van der Waals surface area contributed by atoms with E-state index < -0.39 is 0 Å². The van der Waals surface area contributed by atoms with Crippen LogP contribution in [0.15, 0.2) is 42.5 Å². The van der Waals surface area contributed by atoms with Crippen LogP contribution in [0.1, 0.15) is 19.0 Å². The van der Waals surface area contributed by atoms with E-state index in [-0.39, 0.29) is 0 Å². The van der Waals surface area contributed by atoms with Crippen molar-refractivity contribution in [1.82, 2.24) is 29.5 Å². The molecule has 0 bridgehead atoms. The molecule has 22 heavy (non-hydrogen) atoms. The second-order valence-electron chi connectivity index (χ2n) is 4.87. The minimum atomic E-state index is 0.821. The van der Waals surface area contributed by atoms with E-state index >= 15 is 0 Å². The fraction of sp³-hybridized carbons (Fsp3) is 0.333. The van der Waals surface area contributed by atoms with E-state index in [0.29, 0.717) is 0 Å². The summed E-state index contributed by atoms with van der Waals surface area (Å²) >= 11 is 1.68. The topological polar surface area (TPSA) is 72.3 Å². The molecule has 3 aromatic heterocycles. The maximum absolute atomic E-state index is 4.43. The van der Waals surface area contributed by atoms with Gasteiger partial charge in [0.1, 0.15) is 5.82 Å². The number of thioether (sulfide) groups is 1. The lowest BCUT2D eigenvalue weighted by Crippen LogP contribution is -2.03. The van der Waals surface area contributed by atoms with Crippen molar-refractivity contribution in [1.29, 1.82) is 0 Å². The Balaban J connectivity index is 1.70. The molecule has 7 heteroatoms. The summed E-state index contributed by atoms with van der Waals surface area (Å²) in [6.07, 6.45) is 13.0. The summed E-state index contributed by atoms with van der Waals surface area (Å²) < 4.78 is 2.11. The first kappa shape index (κ1) is 14.8. The molecule has 0 saturated heterocycles. The number of nitrogens with zero attached hydrogens (tertiary/aromatic N) is 5. The molecule has 3 heterocycles. The third-order valence-electron chi connectivity index (χ3n) is 3.21. The Labute approximate surface area is 133 Å². The minimum Gasteiger partial charge on any atom is -0.348 e. The molecule has 0 aliphatic carbocycles. The van der Waals surface area contributed by atoms with Crippen LogP contribution in [0.5, 0.6) is 0 Å². The average Bonchev–Trinajstić information content (AvgIpc) is 3.22. The first-order valence-electron chi connectivity index (χ1n) is 7.30. The van der Waals surface area contributed by atoms with Gasteiger partial charge in [-0.2, -0.15) is 0 Å². The number of H-pyrrole nitrogens is 1. The standard InChI is InChI=1S/C15H18N6S/c1-2-7-22-15-18-8-12(9-19-15)14-17-4-6-21(14)5-3-13-10-16-11-20-13/h4,6,8-11H,2-3,5,7H2,1H3,(H,16,20). The van der Waals surface area contributed by atoms with Gasteiger partial charge in [0.15, 0.2) is 5.16 Å².